The first kappa shape index (κ1) is 18.1. The third-order valence-electron chi connectivity index (χ3n) is 2.24. The smallest absolute Gasteiger partial charge is 0.328 e. The number of aliphatic imine (C=N–C) groups is 1. The number of rotatable bonds is 9. The Kier molecular flexibility index (Phi) is 9.05. The summed E-state index contributed by atoms with van der Waals surface area (Å²) in [5.41, 5.74) is 10.3. The van der Waals surface area contributed by atoms with Crippen LogP contribution in [0.3, 0.4) is 0 Å². The molecule has 0 aromatic carbocycles. The van der Waals surface area contributed by atoms with E-state index >= 15 is 0 Å². The molecular weight excluding hydrogens is 268 g/mol. The van der Waals surface area contributed by atoms with Crippen molar-refractivity contribution in [2.75, 3.05) is 19.8 Å². The van der Waals surface area contributed by atoms with Gasteiger partial charge >= 0.3 is 5.97 Å². The highest BCUT2D eigenvalue weighted by Crippen LogP contribution is 2.02. The van der Waals surface area contributed by atoms with Gasteiger partial charge in [0, 0.05) is 13.5 Å². The number of nitrogens with two attached hydrogens (primary N) is 2. The Morgan fingerprint density at radius 3 is 2.55 bits per heavy atom. The van der Waals surface area contributed by atoms with Crippen LogP contribution in [0.4, 0.5) is 0 Å². The first-order chi connectivity index (χ1) is 9.36. The number of nitrogens with one attached hydrogen (secondary N) is 1. The first-order valence-corrected chi connectivity index (χ1v) is 6.14. The van der Waals surface area contributed by atoms with Gasteiger partial charge < -0.3 is 31.7 Å². The molecule has 0 radical (unpaired) electrons. The molecule has 0 saturated carbocycles. The summed E-state index contributed by atoms with van der Waals surface area (Å²) in [4.78, 5) is 26.5. The van der Waals surface area contributed by atoms with E-state index in [4.69, 9.17) is 26.4 Å². The van der Waals surface area contributed by atoms with Gasteiger partial charge in [-0.05, 0) is 12.8 Å². The molecule has 0 aliphatic heterocycles. The fraction of sp³-hybridized carbons (Fsp3) is 0.727. The van der Waals surface area contributed by atoms with Gasteiger partial charge in [-0.15, -0.1) is 0 Å². The molecule has 0 fully saturated rings. The molecule has 0 aliphatic carbocycles. The van der Waals surface area contributed by atoms with Gasteiger partial charge in [0.25, 0.3) is 0 Å². The van der Waals surface area contributed by atoms with Crippen LogP contribution in [0.15, 0.2) is 4.99 Å². The molecule has 0 saturated heterocycles. The summed E-state index contributed by atoms with van der Waals surface area (Å²) >= 11 is 0. The van der Waals surface area contributed by atoms with Crippen molar-refractivity contribution in [1.82, 2.24) is 5.32 Å². The molecule has 7 N–H and O–H groups in total. The molecule has 20 heavy (non-hydrogen) atoms. The topological polar surface area (TPSA) is 160 Å². The minimum atomic E-state index is -1.14. The van der Waals surface area contributed by atoms with Crippen LogP contribution in [0.2, 0.25) is 0 Å². The third kappa shape index (κ3) is 9.11. The average molecular weight is 290 g/mol. The van der Waals surface area contributed by atoms with Gasteiger partial charge in [0.1, 0.15) is 18.8 Å². The molecular formula is C11H22N4O5. The predicted molar refractivity (Wildman–Crippen MR) is 71.6 cm³/mol. The summed E-state index contributed by atoms with van der Waals surface area (Å²) in [6.45, 7) is 0.756. The van der Waals surface area contributed by atoms with Crippen molar-refractivity contribution in [3.05, 3.63) is 0 Å². The number of hydrogen-bond donors (Lipinski definition) is 5. The zero-order valence-electron chi connectivity index (χ0n) is 11.4. The van der Waals surface area contributed by atoms with Crippen molar-refractivity contribution < 1.29 is 24.5 Å². The van der Waals surface area contributed by atoms with Gasteiger partial charge in [-0.25, -0.2) is 4.79 Å². The van der Waals surface area contributed by atoms with Crippen molar-refractivity contribution >= 4 is 17.8 Å². The third-order valence-corrected chi connectivity index (χ3v) is 2.24. The van der Waals surface area contributed by atoms with Crippen LogP contribution in [-0.2, 0) is 14.3 Å². The molecule has 9 heteroatoms. The van der Waals surface area contributed by atoms with Gasteiger partial charge in [-0.1, -0.05) is 0 Å². The molecule has 0 rings (SSSR count). The van der Waals surface area contributed by atoms with Crippen molar-refractivity contribution in [3.63, 3.8) is 0 Å². The normalized spacial score (nSPS) is 13.2. The molecule has 116 valence electrons. The Balaban J connectivity index is 4.28. The van der Waals surface area contributed by atoms with Crippen LogP contribution in [0, 0.1) is 0 Å². The van der Waals surface area contributed by atoms with Crippen LogP contribution in [0.25, 0.3) is 0 Å². The number of amides is 1. The Morgan fingerprint density at radius 2 is 2.05 bits per heavy atom. The van der Waals surface area contributed by atoms with Crippen molar-refractivity contribution in [1.29, 1.82) is 0 Å². The van der Waals surface area contributed by atoms with Crippen molar-refractivity contribution in [3.8, 4) is 0 Å². The van der Waals surface area contributed by atoms with E-state index in [-0.39, 0.29) is 18.5 Å². The standard InChI is InChI=1S/C11H22N4O5/c1-7(17)15-9(3-2-4-14-11(12)13)10(19)20-6-8(18)5-16/h8-9,16,18H,2-6H2,1H3,(H,15,17)(H4,12,13,14)/t8?,9-/m0/s1. The van der Waals surface area contributed by atoms with E-state index in [0.29, 0.717) is 19.4 Å². The predicted octanol–water partition coefficient (Wildman–Crippen LogP) is -2.56. The number of carbonyl (C=O) groups is 2. The van der Waals surface area contributed by atoms with E-state index in [9.17, 15) is 9.59 Å². The Bertz CT molecular complexity index is 344. The van der Waals surface area contributed by atoms with E-state index < -0.39 is 24.7 Å². The van der Waals surface area contributed by atoms with Crippen LogP contribution < -0.4 is 16.8 Å². The highest BCUT2D eigenvalue weighted by molar-refractivity contribution is 5.83. The number of hydrogen-bond acceptors (Lipinski definition) is 6. The Hall–Kier alpha value is -1.87. The highest BCUT2D eigenvalue weighted by atomic mass is 16.5. The lowest BCUT2D eigenvalue weighted by Crippen LogP contribution is -2.41. The highest BCUT2D eigenvalue weighted by Gasteiger charge is 2.21. The minimum Gasteiger partial charge on any atom is -0.461 e. The Morgan fingerprint density at radius 1 is 1.40 bits per heavy atom. The van der Waals surface area contributed by atoms with Crippen molar-refractivity contribution in [2.45, 2.75) is 31.9 Å². The van der Waals surface area contributed by atoms with Gasteiger partial charge in [0.2, 0.25) is 5.91 Å². The molecule has 0 bridgehead atoms. The second-order valence-electron chi connectivity index (χ2n) is 4.17. The zero-order valence-corrected chi connectivity index (χ0v) is 11.4. The molecule has 2 atom stereocenters. The van der Waals surface area contributed by atoms with E-state index in [2.05, 4.69) is 10.3 Å². The van der Waals surface area contributed by atoms with Crippen molar-refractivity contribution in [2.24, 2.45) is 16.5 Å². The van der Waals surface area contributed by atoms with Gasteiger partial charge in [0.15, 0.2) is 5.96 Å². The summed E-state index contributed by atoms with van der Waals surface area (Å²) in [7, 11) is 0. The van der Waals surface area contributed by atoms with Crippen LogP contribution in [-0.4, -0.2) is 60.0 Å². The SMILES string of the molecule is CC(=O)N[C@@H](CCCN=C(N)N)C(=O)OCC(O)CO. The quantitative estimate of drug-likeness (QED) is 0.135. The molecule has 0 aromatic heterocycles. The molecule has 0 aromatic rings. The van der Waals surface area contributed by atoms with Gasteiger partial charge in [-0.3, -0.25) is 9.79 Å². The number of aliphatic hydroxyl groups excluding tert-OH is 2. The fourth-order valence-corrected chi connectivity index (χ4v) is 1.33. The van der Waals surface area contributed by atoms with Crippen LogP contribution in [0.1, 0.15) is 19.8 Å². The number of aliphatic hydroxyl groups is 2. The van der Waals surface area contributed by atoms with E-state index in [0.717, 1.165) is 0 Å². The number of ether oxygens (including phenoxy) is 1. The maximum atomic E-state index is 11.7. The molecule has 1 amide bonds. The van der Waals surface area contributed by atoms with Gasteiger partial charge in [0.05, 0.1) is 6.61 Å². The summed E-state index contributed by atoms with van der Waals surface area (Å²) in [6.07, 6.45) is -0.371. The molecule has 9 nitrogen and oxygen atoms in total. The second kappa shape index (κ2) is 9.98. The summed E-state index contributed by atoms with van der Waals surface area (Å²) in [5.74, 6) is -1.11. The minimum absolute atomic E-state index is 0.0466. The lowest BCUT2D eigenvalue weighted by molar-refractivity contribution is -0.151. The maximum absolute atomic E-state index is 11.7. The second-order valence-corrected chi connectivity index (χ2v) is 4.17. The fourth-order valence-electron chi connectivity index (χ4n) is 1.33. The number of esters is 1. The number of guanidine groups is 1. The lowest BCUT2D eigenvalue weighted by atomic mass is 10.1. The zero-order chi connectivity index (χ0) is 15.5. The van der Waals surface area contributed by atoms with E-state index in [1.807, 2.05) is 0 Å². The monoisotopic (exact) mass is 290 g/mol. The molecule has 0 heterocycles. The summed E-state index contributed by atoms with van der Waals surface area (Å²) in [6, 6.07) is -0.840. The number of nitrogens with zero attached hydrogens (tertiary/aromatic N) is 1. The van der Waals surface area contributed by atoms with E-state index in [1.54, 1.807) is 0 Å². The lowest BCUT2D eigenvalue weighted by Gasteiger charge is -2.17. The number of carbonyl (C=O) groups excluding carboxylic acids is 2. The largest absolute Gasteiger partial charge is 0.461 e. The summed E-state index contributed by atoms with van der Waals surface area (Å²) < 4.78 is 4.79. The molecule has 1 unspecified atom stereocenters. The molecule has 0 aliphatic rings. The Labute approximate surface area is 117 Å². The maximum Gasteiger partial charge on any atom is 0.328 e. The first-order valence-electron chi connectivity index (χ1n) is 6.14. The van der Waals surface area contributed by atoms with Gasteiger partial charge in [-0.2, -0.15) is 0 Å². The molecule has 0 spiro atoms. The average Bonchev–Trinajstić information content (AvgIpc) is 2.38. The van der Waals surface area contributed by atoms with Crippen LogP contribution >= 0.6 is 0 Å². The summed E-state index contributed by atoms with van der Waals surface area (Å²) in [5, 5.41) is 20.1. The van der Waals surface area contributed by atoms with Crippen LogP contribution in [0.5, 0.6) is 0 Å². The van der Waals surface area contributed by atoms with E-state index in [1.165, 1.54) is 6.92 Å².